The van der Waals surface area contributed by atoms with E-state index in [0.717, 1.165) is 12.4 Å². The molecule has 0 amide bonds. The highest BCUT2D eigenvalue weighted by Gasteiger charge is 2.06. The van der Waals surface area contributed by atoms with Gasteiger partial charge in [-0.25, -0.2) is 4.98 Å². The van der Waals surface area contributed by atoms with Gasteiger partial charge in [0.15, 0.2) is 0 Å². The highest BCUT2D eigenvalue weighted by molar-refractivity contribution is 5.93. The second-order valence-corrected chi connectivity index (χ2v) is 4.64. The Hall–Kier alpha value is -2.36. The number of anilines is 1. The number of nitrogens with one attached hydrogen (secondary N) is 1. The Labute approximate surface area is 113 Å². The van der Waals surface area contributed by atoms with Crippen molar-refractivity contribution in [3.05, 3.63) is 59.3 Å². The molecule has 1 aromatic heterocycles. The number of nitrogen functional groups attached to an aromatic ring is 1. The SMILES string of the molecule is Cc1cccc(CN(C)c2cccc(C(=N)N)n2)c1. The molecule has 2 aromatic rings. The summed E-state index contributed by atoms with van der Waals surface area (Å²) in [6.07, 6.45) is 0. The number of aryl methyl sites for hydroxylation is 1. The molecule has 1 aromatic carbocycles. The quantitative estimate of drug-likeness (QED) is 0.650. The third-order valence-electron chi connectivity index (χ3n) is 2.90. The van der Waals surface area contributed by atoms with Gasteiger partial charge in [0, 0.05) is 13.6 Å². The summed E-state index contributed by atoms with van der Waals surface area (Å²) in [5.74, 6) is 0.806. The van der Waals surface area contributed by atoms with E-state index in [2.05, 4.69) is 36.2 Å². The minimum atomic E-state index is -0.00851. The summed E-state index contributed by atoms with van der Waals surface area (Å²) in [6.45, 7) is 2.86. The van der Waals surface area contributed by atoms with Crippen LogP contribution in [0.4, 0.5) is 5.82 Å². The average molecular weight is 254 g/mol. The lowest BCUT2D eigenvalue weighted by Gasteiger charge is -2.19. The maximum Gasteiger partial charge on any atom is 0.141 e. The van der Waals surface area contributed by atoms with E-state index < -0.39 is 0 Å². The molecule has 4 nitrogen and oxygen atoms in total. The molecule has 0 atom stereocenters. The number of aromatic nitrogens is 1. The molecule has 0 aliphatic heterocycles. The van der Waals surface area contributed by atoms with Crippen LogP contribution in [0, 0.1) is 12.3 Å². The summed E-state index contributed by atoms with van der Waals surface area (Å²) in [7, 11) is 1.98. The molecule has 0 unspecified atom stereocenters. The molecular formula is C15H18N4. The van der Waals surface area contributed by atoms with Crippen molar-refractivity contribution in [1.82, 2.24) is 4.98 Å². The molecule has 3 N–H and O–H groups in total. The van der Waals surface area contributed by atoms with Gasteiger partial charge in [-0.1, -0.05) is 35.9 Å². The molecule has 98 valence electrons. The first kappa shape index (κ1) is 13.1. The lowest BCUT2D eigenvalue weighted by Crippen LogP contribution is -2.20. The second-order valence-electron chi connectivity index (χ2n) is 4.64. The van der Waals surface area contributed by atoms with E-state index in [1.165, 1.54) is 11.1 Å². The van der Waals surface area contributed by atoms with Crippen LogP contribution in [0.3, 0.4) is 0 Å². The van der Waals surface area contributed by atoms with Crippen LogP contribution in [0.2, 0.25) is 0 Å². The number of hydrogen-bond donors (Lipinski definition) is 2. The van der Waals surface area contributed by atoms with Crippen molar-refractivity contribution in [1.29, 1.82) is 5.41 Å². The Balaban J connectivity index is 2.18. The molecule has 0 saturated heterocycles. The van der Waals surface area contributed by atoms with Gasteiger partial charge in [0.25, 0.3) is 0 Å². The molecule has 4 heteroatoms. The fourth-order valence-electron chi connectivity index (χ4n) is 1.95. The molecular weight excluding hydrogens is 236 g/mol. The van der Waals surface area contributed by atoms with Crippen LogP contribution in [0.15, 0.2) is 42.5 Å². The second kappa shape index (κ2) is 5.52. The van der Waals surface area contributed by atoms with Crippen molar-refractivity contribution in [2.45, 2.75) is 13.5 Å². The number of benzene rings is 1. The maximum atomic E-state index is 7.42. The lowest BCUT2D eigenvalue weighted by atomic mass is 10.1. The smallest absolute Gasteiger partial charge is 0.141 e. The van der Waals surface area contributed by atoms with Crippen LogP contribution in [-0.2, 0) is 6.54 Å². The van der Waals surface area contributed by atoms with Crippen LogP contribution in [0.1, 0.15) is 16.8 Å². The molecule has 0 aliphatic carbocycles. The average Bonchev–Trinajstić information content (AvgIpc) is 2.39. The summed E-state index contributed by atoms with van der Waals surface area (Å²) >= 11 is 0. The number of rotatable bonds is 4. The minimum Gasteiger partial charge on any atom is -0.382 e. The summed E-state index contributed by atoms with van der Waals surface area (Å²) < 4.78 is 0. The van der Waals surface area contributed by atoms with Gasteiger partial charge in [0.2, 0.25) is 0 Å². The summed E-state index contributed by atoms with van der Waals surface area (Å²) in [5, 5.41) is 7.42. The van der Waals surface area contributed by atoms with Crippen LogP contribution < -0.4 is 10.6 Å². The van der Waals surface area contributed by atoms with Crippen molar-refractivity contribution in [2.24, 2.45) is 5.73 Å². The van der Waals surface area contributed by atoms with Crippen LogP contribution in [0.25, 0.3) is 0 Å². The number of nitrogens with two attached hydrogens (primary N) is 1. The normalized spacial score (nSPS) is 10.2. The third kappa shape index (κ3) is 3.31. The van der Waals surface area contributed by atoms with Gasteiger partial charge in [-0.3, -0.25) is 5.41 Å². The Bertz CT molecular complexity index is 592. The van der Waals surface area contributed by atoms with E-state index >= 15 is 0 Å². The van der Waals surface area contributed by atoms with E-state index in [0.29, 0.717) is 5.69 Å². The standard InChI is InChI=1S/C15H18N4/c1-11-5-3-6-12(9-11)10-19(2)14-8-4-7-13(18-14)15(16)17/h3-9H,10H2,1-2H3,(H3,16,17). The van der Waals surface area contributed by atoms with E-state index in [-0.39, 0.29) is 5.84 Å². The molecule has 0 spiro atoms. The van der Waals surface area contributed by atoms with E-state index in [1.807, 2.05) is 24.1 Å². The third-order valence-corrected chi connectivity index (χ3v) is 2.90. The highest BCUT2D eigenvalue weighted by Crippen LogP contribution is 2.14. The van der Waals surface area contributed by atoms with Crippen molar-refractivity contribution < 1.29 is 0 Å². The Morgan fingerprint density at radius 3 is 2.68 bits per heavy atom. The Morgan fingerprint density at radius 2 is 2.00 bits per heavy atom. The largest absolute Gasteiger partial charge is 0.382 e. The first-order valence-corrected chi connectivity index (χ1v) is 6.14. The molecule has 0 saturated carbocycles. The molecule has 2 rings (SSSR count). The van der Waals surface area contributed by atoms with Gasteiger partial charge in [-0.2, -0.15) is 0 Å². The van der Waals surface area contributed by atoms with Crippen molar-refractivity contribution >= 4 is 11.7 Å². The zero-order valence-electron chi connectivity index (χ0n) is 11.2. The van der Waals surface area contributed by atoms with Gasteiger partial charge >= 0.3 is 0 Å². The van der Waals surface area contributed by atoms with Crippen LogP contribution in [0.5, 0.6) is 0 Å². The molecule has 0 bridgehead atoms. The van der Waals surface area contributed by atoms with Gasteiger partial charge in [0.1, 0.15) is 17.3 Å². The molecule has 19 heavy (non-hydrogen) atoms. The molecule has 0 fully saturated rings. The predicted molar refractivity (Wildman–Crippen MR) is 78.5 cm³/mol. The van der Waals surface area contributed by atoms with Crippen molar-refractivity contribution in [3.63, 3.8) is 0 Å². The fourth-order valence-corrected chi connectivity index (χ4v) is 1.95. The summed E-state index contributed by atoms with van der Waals surface area (Å²) in [4.78, 5) is 6.41. The van der Waals surface area contributed by atoms with Gasteiger partial charge in [-0.15, -0.1) is 0 Å². The van der Waals surface area contributed by atoms with E-state index in [4.69, 9.17) is 11.1 Å². The first-order chi connectivity index (χ1) is 9.06. The Kier molecular flexibility index (Phi) is 3.80. The van der Waals surface area contributed by atoms with Crippen LogP contribution >= 0.6 is 0 Å². The molecule has 0 radical (unpaired) electrons. The number of amidine groups is 1. The zero-order valence-corrected chi connectivity index (χ0v) is 11.2. The molecule has 0 aliphatic rings. The lowest BCUT2D eigenvalue weighted by molar-refractivity contribution is 0.895. The van der Waals surface area contributed by atoms with E-state index in [9.17, 15) is 0 Å². The monoisotopic (exact) mass is 254 g/mol. The predicted octanol–water partition coefficient (Wildman–Crippen LogP) is 2.31. The number of nitrogens with zero attached hydrogens (tertiary/aromatic N) is 2. The summed E-state index contributed by atoms with van der Waals surface area (Å²) in [5.41, 5.74) is 8.45. The topological polar surface area (TPSA) is 66.0 Å². The fraction of sp³-hybridized carbons (Fsp3) is 0.200. The Morgan fingerprint density at radius 1 is 1.26 bits per heavy atom. The van der Waals surface area contributed by atoms with E-state index in [1.54, 1.807) is 6.07 Å². The van der Waals surface area contributed by atoms with Crippen LogP contribution in [-0.4, -0.2) is 17.9 Å². The number of hydrogen-bond acceptors (Lipinski definition) is 3. The van der Waals surface area contributed by atoms with Crippen molar-refractivity contribution in [3.8, 4) is 0 Å². The molecule has 1 heterocycles. The summed E-state index contributed by atoms with van der Waals surface area (Å²) in [6, 6.07) is 13.9. The number of pyridine rings is 1. The highest BCUT2D eigenvalue weighted by atomic mass is 15.2. The first-order valence-electron chi connectivity index (χ1n) is 6.14. The minimum absolute atomic E-state index is 0.00851. The van der Waals surface area contributed by atoms with Crippen molar-refractivity contribution in [2.75, 3.05) is 11.9 Å². The maximum absolute atomic E-state index is 7.42. The van der Waals surface area contributed by atoms with Gasteiger partial charge in [-0.05, 0) is 24.6 Å². The zero-order chi connectivity index (χ0) is 13.8. The van der Waals surface area contributed by atoms with Gasteiger partial charge < -0.3 is 10.6 Å². The van der Waals surface area contributed by atoms with Gasteiger partial charge in [0.05, 0.1) is 0 Å².